The lowest BCUT2D eigenvalue weighted by molar-refractivity contribution is 0.0933. The number of nitrogens with zero attached hydrogens (tertiary/aromatic N) is 2. The van der Waals surface area contributed by atoms with Crippen molar-refractivity contribution in [2.45, 2.75) is 70.3 Å². The van der Waals surface area contributed by atoms with Gasteiger partial charge in [0.15, 0.2) is 0 Å². The van der Waals surface area contributed by atoms with Crippen molar-refractivity contribution in [1.82, 2.24) is 4.90 Å². The van der Waals surface area contributed by atoms with Crippen molar-refractivity contribution in [3.05, 3.63) is 29.3 Å². The van der Waals surface area contributed by atoms with Crippen LogP contribution in [0.4, 0.5) is 10.5 Å². The maximum absolute atomic E-state index is 12.1. The van der Waals surface area contributed by atoms with Gasteiger partial charge in [-0.1, -0.05) is 38.5 Å². The number of piperidine rings is 1. The second-order valence-corrected chi connectivity index (χ2v) is 8.28. The largest absolute Gasteiger partial charge is 0.450 e. The number of hydrogen-bond donors (Lipinski definition) is 0. The van der Waals surface area contributed by atoms with E-state index in [4.69, 9.17) is 4.74 Å². The maximum Gasteiger partial charge on any atom is 0.409 e. The summed E-state index contributed by atoms with van der Waals surface area (Å²) in [7, 11) is 0. The molecule has 0 bridgehead atoms. The average molecular weight is 357 g/mol. The minimum Gasteiger partial charge on any atom is -0.450 e. The molecule has 0 aromatic heterocycles. The Morgan fingerprint density at radius 3 is 2.65 bits per heavy atom. The van der Waals surface area contributed by atoms with E-state index in [1.54, 1.807) is 5.56 Å². The molecule has 4 heteroatoms. The molecule has 142 valence electrons. The Kier molecular flexibility index (Phi) is 4.62. The number of para-hydroxylation sites is 1. The number of rotatable bonds is 1. The van der Waals surface area contributed by atoms with Crippen molar-refractivity contribution in [3.63, 3.8) is 0 Å². The molecule has 3 aliphatic heterocycles. The number of hydrogen-bond acceptors (Lipinski definition) is 3. The van der Waals surface area contributed by atoms with Gasteiger partial charge in [0.1, 0.15) is 0 Å². The Hall–Kier alpha value is -1.71. The number of carbonyl (C=O) groups excluding carboxylic acids is 1. The lowest BCUT2D eigenvalue weighted by atomic mass is 9.85. The van der Waals surface area contributed by atoms with Crippen LogP contribution in [0.2, 0.25) is 0 Å². The molecule has 2 unspecified atom stereocenters. The van der Waals surface area contributed by atoms with Crippen LogP contribution in [0.15, 0.2) is 18.2 Å². The van der Waals surface area contributed by atoms with E-state index in [0.29, 0.717) is 24.0 Å². The fourth-order valence-corrected chi connectivity index (χ4v) is 5.19. The van der Waals surface area contributed by atoms with Crippen LogP contribution < -0.4 is 4.90 Å². The Morgan fingerprint density at radius 2 is 1.96 bits per heavy atom. The smallest absolute Gasteiger partial charge is 0.409 e. The van der Waals surface area contributed by atoms with E-state index < -0.39 is 0 Å². The molecular weight excluding hydrogens is 324 g/mol. The molecule has 1 aromatic carbocycles. The van der Waals surface area contributed by atoms with Crippen LogP contribution >= 0.6 is 0 Å². The van der Waals surface area contributed by atoms with Crippen LogP contribution in [0, 0.1) is 0 Å². The lowest BCUT2D eigenvalue weighted by Crippen LogP contribution is -2.49. The first-order chi connectivity index (χ1) is 12.6. The van der Waals surface area contributed by atoms with Gasteiger partial charge in [-0.2, -0.15) is 0 Å². The summed E-state index contributed by atoms with van der Waals surface area (Å²) in [5.41, 5.74) is 5.10. The number of fused-ring (bicyclic) bond motifs is 4. The van der Waals surface area contributed by atoms with Gasteiger partial charge in [0.2, 0.25) is 0 Å². The molecule has 1 saturated heterocycles. The van der Waals surface area contributed by atoms with Crippen LogP contribution in [-0.4, -0.2) is 43.3 Å². The predicted molar refractivity (Wildman–Crippen MR) is 105 cm³/mol. The summed E-state index contributed by atoms with van der Waals surface area (Å²) >= 11 is 0. The summed E-state index contributed by atoms with van der Waals surface area (Å²) in [4.78, 5) is 16.7. The highest BCUT2D eigenvalue weighted by molar-refractivity contribution is 5.73. The van der Waals surface area contributed by atoms with E-state index >= 15 is 0 Å². The molecule has 2 fully saturated rings. The van der Waals surface area contributed by atoms with E-state index in [9.17, 15) is 4.79 Å². The first-order valence-electron chi connectivity index (χ1n) is 10.5. The number of ether oxygens (including phenoxy) is 1. The SMILES string of the molecule is CCC.CCOC(=O)N1CCC2C(C1)c1cccc3c1N2CCC31CC1. The topological polar surface area (TPSA) is 32.8 Å². The molecule has 26 heavy (non-hydrogen) atoms. The second-order valence-electron chi connectivity index (χ2n) is 8.28. The van der Waals surface area contributed by atoms with E-state index in [0.717, 1.165) is 19.5 Å². The second kappa shape index (κ2) is 6.79. The zero-order valence-electron chi connectivity index (χ0n) is 16.5. The molecule has 0 N–H and O–H groups in total. The molecule has 0 radical (unpaired) electrons. The third-order valence-electron chi connectivity index (χ3n) is 6.51. The number of amides is 1. The van der Waals surface area contributed by atoms with Crippen LogP contribution in [0.3, 0.4) is 0 Å². The Morgan fingerprint density at radius 1 is 1.19 bits per heavy atom. The predicted octanol–water partition coefficient (Wildman–Crippen LogP) is 4.67. The van der Waals surface area contributed by atoms with Crippen LogP contribution in [0.25, 0.3) is 0 Å². The van der Waals surface area contributed by atoms with Crippen molar-refractivity contribution in [2.75, 3.05) is 31.1 Å². The van der Waals surface area contributed by atoms with Gasteiger partial charge in [-0.15, -0.1) is 0 Å². The summed E-state index contributed by atoms with van der Waals surface area (Å²) in [5, 5.41) is 0. The Balaban J connectivity index is 0.000000527. The molecule has 1 saturated carbocycles. The van der Waals surface area contributed by atoms with Crippen LogP contribution in [0.1, 0.15) is 69.9 Å². The number of likely N-dealkylation sites (tertiary alicyclic amines) is 1. The molecule has 1 aliphatic carbocycles. The van der Waals surface area contributed by atoms with Gasteiger partial charge >= 0.3 is 6.09 Å². The van der Waals surface area contributed by atoms with Crippen molar-refractivity contribution in [2.24, 2.45) is 0 Å². The zero-order valence-corrected chi connectivity index (χ0v) is 16.5. The number of anilines is 1. The van der Waals surface area contributed by atoms with Gasteiger partial charge in [-0.3, -0.25) is 0 Å². The lowest BCUT2D eigenvalue weighted by Gasteiger charge is -2.41. The molecule has 3 heterocycles. The molecular formula is C22H32N2O2. The molecule has 2 atom stereocenters. The van der Waals surface area contributed by atoms with Gasteiger partial charge in [0.05, 0.1) is 6.61 Å². The Bertz CT molecular complexity index is 683. The van der Waals surface area contributed by atoms with Crippen molar-refractivity contribution < 1.29 is 9.53 Å². The van der Waals surface area contributed by atoms with Gasteiger partial charge in [-0.25, -0.2) is 4.79 Å². The molecule has 5 rings (SSSR count). The summed E-state index contributed by atoms with van der Waals surface area (Å²) < 4.78 is 5.22. The van der Waals surface area contributed by atoms with E-state index in [2.05, 4.69) is 36.9 Å². The monoisotopic (exact) mass is 356 g/mol. The van der Waals surface area contributed by atoms with Crippen LogP contribution in [0.5, 0.6) is 0 Å². The normalized spacial score (nSPS) is 26.6. The van der Waals surface area contributed by atoms with Gasteiger partial charge in [0.25, 0.3) is 0 Å². The first-order valence-corrected chi connectivity index (χ1v) is 10.5. The van der Waals surface area contributed by atoms with Gasteiger partial charge < -0.3 is 14.5 Å². The fourth-order valence-electron chi connectivity index (χ4n) is 5.19. The first kappa shape index (κ1) is 17.7. The third-order valence-corrected chi connectivity index (χ3v) is 6.51. The van der Waals surface area contributed by atoms with Crippen molar-refractivity contribution >= 4 is 11.8 Å². The number of carbonyl (C=O) groups is 1. The maximum atomic E-state index is 12.1. The quantitative estimate of drug-likeness (QED) is 0.733. The molecule has 4 nitrogen and oxygen atoms in total. The number of benzene rings is 1. The van der Waals surface area contributed by atoms with E-state index in [-0.39, 0.29) is 6.09 Å². The summed E-state index contributed by atoms with van der Waals surface area (Å²) in [6.45, 7) is 9.42. The zero-order chi connectivity index (χ0) is 18.3. The van der Waals surface area contributed by atoms with E-state index in [1.165, 1.54) is 43.5 Å². The highest BCUT2D eigenvalue weighted by Gasteiger charge is 2.53. The summed E-state index contributed by atoms with van der Waals surface area (Å²) in [6.07, 6.45) is 6.21. The minimum absolute atomic E-state index is 0.143. The fraction of sp³-hybridized carbons (Fsp3) is 0.682. The highest BCUT2D eigenvalue weighted by Crippen LogP contribution is 2.60. The summed E-state index contributed by atoms with van der Waals surface area (Å²) in [6, 6.07) is 7.47. The molecule has 1 aromatic rings. The third kappa shape index (κ3) is 2.69. The van der Waals surface area contributed by atoms with E-state index in [1.807, 2.05) is 11.8 Å². The molecule has 1 spiro atoms. The summed E-state index contributed by atoms with van der Waals surface area (Å²) in [5.74, 6) is 0.456. The van der Waals surface area contributed by atoms with Gasteiger partial charge in [-0.05, 0) is 49.1 Å². The molecule has 1 amide bonds. The standard InChI is InChI=1S/C19H24N2O2.C3H8/c1-2-23-18(22)20-10-6-16-14(12-20)13-4-3-5-15-17(13)21(16)11-9-19(15)7-8-19;1-3-2/h3-5,14,16H,2,6-12H2,1H3;3H2,1-2H3. The highest BCUT2D eigenvalue weighted by atomic mass is 16.6. The minimum atomic E-state index is -0.143. The molecule has 4 aliphatic rings. The van der Waals surface area contributed by atoms with Crippen molar-refractivity contribution in [3.8, 4) is 0 Å². The van der Waals surface area contributed by atoms with Crippen molar-refractivity contribution in [1.29, 1.82) is 0 Å². The van der Waals surface area contributed by atoms with Gasteiger partial charge in [0, 0.05) is 37.3 Å². The average Bonchev–Trinajstić information content (AvgIpc) is 3.36. The van der Waals surface area contributed by atoms with Crippen LogP contribution in [-0.2, 0) is 10.2 Å². The Labute approximate surface area is 157 Å².